The van der Waals surface area contributed by atoms with Crippen molar-refractivity contribution >= 4 is 38.0 Å². The van der Waals surface area contributed by atoms with Crippen molar-refractivity contribution in [2.75, 3.05) is 0 Å². The molecule has 6 heteroatoms. The third-order valence-corrected chi connectivity index (χ3v) is 3.84. The van der Waals surface area contributed by atoms with Crippen molar-refractivity contribution in [3.63, 3.8) is 0 Å². The zero-order chi connectivity index (χ0) is 12.5. The number of hydrogen-bond acceptors (Lipinski definition) is 4. The summed E-state index contributed by atoms with van der Waals surface area (Å²) in [5.74, 6) is 0. The summed E-state index contributed by atoms with van der Waals surface area (Å²) in [5, 5.41) is 8.44. The number of aromatic nitrogens is 3. The minimum absolute atomic E-state index is 0.0878. The van der Waals surface area contributed by atoms with Gasteiger partial charge in [-0.2, -0.15) is 5.10 Å². The van der Waals surface area contributed by atoms with Gasteiger partial charge in [-0.05, 0) is 18.2 Å². The van der Waals surface area contributed by atoms with Gasteiger partial charge >= 0.3 is 0 Å². The first kappa shape index (κ1) is 11.6. The minimum Gasteiger partial charge on any atom is -0.267 e. The van der Waals surface area contributed by atoms with E-state index in [-0.39, 0.29) is 5.56 Å². The number of rotatable bonds is 2. The monoisotopic (exact) mass is 321 g/mol. The van der Waals surface area contributed by atoms with Crippen LogP contribution in [0.3, 0.4) is 0 Å². The Hall–Kier alpha value is -1.53. The Morgan fingerprint density at radius 3 is 3.06 bits per heavy atom. The average molecular weight is 322 g/mol. The summed E-state index contributed by atoms with van der Waals surface area (Å²) in [6.07, 6.45) is 3.43. The summed E-state index contributed by atoms with van der Waals surface area (Å²) in [5.41, 5.74) is -0.0878. The van der Waals surface area contributed by atoms with E-state index in [1.165, 1.54) is 16.0 Å². The summed E-state index contributed by atoms with van der Waals surface area (Å²) >= 11 is 4.90. The molecular weight excluding hydrogens is 314 g/mol. The Bertz CT molecular complexity index is 752. The van der Waals surface area contributed by atoms with Crippen LogP contribution in [0.4, 0.5) is 0 Å². The van der Waals surface area contributed by atoms with E-state index >= 15 is 0 Å². The van der Waals surface area contributed by atoms with Gasteiger partial charge in [0.25, 0.3) is 5.56 Å². The fourth-order valence-corrected chi connectivity index (χ4v) is 2.71. The molecule has 18 heavy (non-hydrogen) atoms. The molecule has 90 valence electrons. The highest BCUT2D eigenvalue weighted by Gasteiger charge is 2.06. The quantitative estimate of drug-likeness (QED) is 0.729. The number of fused-ring (bicyclic) bond motifs is 1. The van der Waals surface area contributed by atoms with Crippen molar-refractivity contribution in [3.8, 4) is 0 Å². The van der Waals surface area contributed by atoms with Gasteiger partial charge in [0.2, 0.25) is 0 Å². The lowest BCUT2D eigenvalue weighted by molar-refractivity contribution is 0.644. The van der Waals surface area contributed by atoms with E-state index in [1.807, 2.05) is 23.6 Å². The molecule has 0 amide bonds. The fraction of sp³-hybridized carbons (Fsp3) is 0.0833. The van der Waals surface area contributed by atoms with E-state index in [9.17, 15) is 4.79 Å². The number of benzene rings is 1. The summed E-state index contributed by atoms with van der Waals surface area (Å²) in [4.78, 5) is 16.4. The highest BCUT2D eigenvalue weighted by atomic mass is 79.9. The third-order valence-electron chi connectivity index (χ3n) is 2.58. The second-order valence-electron chi connectivity index (χ2n) is 3.76. The molecule has 0 aliphatic heterocycles. The van der Waals surface area contributed by atoms with Gasteiger partial charge in [-0.1, -0.05) is 15.9 Å². The van der Waals surface area contributed by atoms with Crippen LogP contribution >= 0.6 is 27.3 Å². The minimum atomic E-state index is -0.0878. The Morgan fingerprint density at radius 2 is 2.28 bits per heavy atom. The number of nitrogens with zero attached hydrogens (tertiary/aromatic N) is 3. The molecule has 0 spiro atoms. The normalized spacial score (nSPS) is 10.9. The molecule has 0 fully saturated rings. The number of hydrogen-bond donors (Lipinski definition) is 0. The summed E-state index contributed by atoms with van der Waals surface area (Å²) < 4.78 is 2.38. The number of halogens is 1. The molecule has 0 atom stereocenters. The van der Waals surface area contributed by atoms with E-state index in [4.69, 9.17) is 0 Å². The largest absolute Gasteiger partial charge is 0.275 e. The van der Waals surface area contributed by atoms with Gasteiger partial charge in [0, 0.05) is 21.4 Å². The van der Waals surface area contributed by atoms with Crippen molar-refractivity contribution < 1.29 is 0 Å². The first-order valence-corrected chi connectivity index (χ1v) is 6.95. The Morgan fingerprint density at radius 1 is 1.39 bits per heavy atom. The van der Waals surface area contributed by atoms with Gasteiger partial charge in [0.15, 0.2) is 0 Å². The fourth-order valence-electron chi connectivity index (χ4n) is 1.73. The second kappa shape index (κ2) is 4.62. The highest BCUT2D eigenvalue weighted by molar-refractivity contribution is 9.10. The van der Waals surface area contributed by atoms with E-state index in [0.717, 1.165) is 14.9 Å². The van der Waals surface area contributed by atoms with Crippen LogP contribution in [0, 0.1) is 0 Å². The predicted octanol–water partition coefficient (Wildman–Crippen LogP) is 2.66. The van der Waals surface area contributed by atoms with Crippen LogP contribution in [0.25, 0.3) is 10.8 Å². The van der Waals surface area contributed by atoms with Crippen LogP contribution in [0.1, 0.15) is 5.01 Å². The first-order chi connectivity index (χ1) is 8.74. The van der Waals surface area contributed by atoms with Crippen molar-refractivity contribution in [2.45, 2.75) is 6.54 Å². The SMILES string of the molecule is O=c1c2ccc(Br)cc2cnn1Cc1nccs1. The topological polar surface area (TPSA) is 47.8 Å². The lowest BCUT2D eigenvalue weighted by Gasteiger charge is -2.04. The predicted molar refractivity (Wildman–Crippen MR) is 74.9 cm³/mol. The average Bonchev–Trinajstić information content (AvgIpc) is 2.85. The lowest BCUT2D eigenvalue weighted by Crippen LogP contribution is -2.23. The molecule has 4 nitrogen and oxygen atoms in total. The maximum atomic E-state index is 12.2. The zero-order valence-electron chi connectivity index (χ0n) is 9.21. The van der Waals surface area contributed by atoms with E-state index in [2.05, 4.69) is 26.0 Å². The molecule has 2 heterocycles. The van der Waals surface area contributed by atoms with Crippen molar-refractivity contribution in [1.82, 2.24) is 14.8 Å². The molecule has 3 rings (SSSR count). The molecule has 0 aliphatic carbocycles. The zero-order valence-corrected chi connectivity index (χ0v) is 11.6. The Kier molecular flexibility index (Phi) is 2.97. The van der Waals surface area contributed by atoms with E-state index in [1.54, 1.807) is 12.4 Å². The summed E-state index contributed by atoms with van der Waals surface area (Å²) in [7, 11) is 0. The van der Waals surface area contributed by atoms with Crippen molar-refractivity contribution in [3.05, 3.63) is 55.8 Å². The number of thiazole rings is 1. The second-order valence-corrected chi connectivity index (χ2v) is 5.66. The summed E-state index contributed by atoms with van der Waals surface area (Å²) in [6, 6.07) is 5.55. The molecule has 0 N–H and O–H groups in total. The molecule has 0 radical (unpaired) electrons. The Labute approximate surface area is 115 Å². The molecule has 3 aromatic rings. The van der Waals surface area contributed by atoms with E-state index in [0.29, 0.717) is 11.9 Å². The first-order valence-electron chi connectivity index (χ1n) is 5.28. The van der Waals surface area contributed by atoms with Crippen LogP contribution < -0.4 is 5.56 Å². The van der Waals surface area contributed by atoms with Crippen molar-refractivity contribution in [2.24, 2.45) is 0 Å². The van der Waals surface area contributed by atoms with Crippen LogP contribution in [-0.2, 0) is 6.54 Å². The van der Waals surface area contributed by atoms with Crippen LogP contribution in [0.15, 0.2) is 45.2 Å². The van der Waals surface area contributed by atoms with Gasteiger partial charge in [0.05, 0.1) is 18.1 Å². The standard InChI is InChI=1S/C12H8BrN3OS/c13-9-1-2-10-8(5-9)6-15-16(12(10)17)7-11-14-3-4-18-11/h1-6H,7H2. The van der Waals surface area contributed by atoms with Crippen LogP contribution in [-0.4, -0.2) is 14.8 Å². The van der Waals surface area contributed by atoms with Gasteiger partial charge < -0.3 is 0 Å². The summed E-state index contributed by atoms with van der Waals surface area (Å²) in [6.45, 7) is 0.419. The lowest BCUT2D eigenvalue weighted by atomic mass is 10.2. The molecule has 0 saturated heterocycles. The third kappa shape index (κ3) is 2.09. The van der Waals surface area contributed by atoms with E-state index < -0.39 is 0 Å². The molecule has 1 aromatic carbocycles. The van der Waals surface area contributed by atoms with Crippen LogP contribution in [0.2, 0.25) is 0 Å². The maximum absolute atomic E-state index is 12.2. The van der Waals surface area contributed by atoms with Crippen molar-refractivity contribution in [1.29, 1.82) is 0 Å². The van der Waals surface area contributed by atoms with Gasteiger partial charge in [0.1, 0.15) is 5.01 Å². The molecule has 2 aromatic heterocycles. The Balaban J connectivity index is 2.12. The van der Waals surface area contributed by atoms with Gasteiger partial charge in [-0.15, -0.1) is 11.3 Å². The highest BCUT2D eigenvalue weighted by Crippen LogP contribution is 2.16. The smallest absolute Gasteiger partial charge is 0.267 e. The molecule has 0 unspecified atom stereocenters. The van der Waals surface area contributed by atoms with Gasteiger partial charge in [-0.25, -0.2) is 9.67 Å². The van der Waals surface area contributed by atoms with Crippen LogP contribution in [0.5, 0.6) is 0 Å². The molecule has 0 saturated carbocycles. The maximum Gasteiger partial charge on any atom is 0.275 e. The van der Waals surface area contributed by atoms with Gasteiger partial charge in [-0.3, -0.25) is 4.79 Å². The molecular formula is C12H8BrN3OS. The molecule has 0 bridgehead atoms. The molecule has 0 aliphatic rings.